The quantitative estimate of drug-likeness (QED) is 0.917. The van der Waals surface area contributed by atoms with Crippen LogP contribution in [0, 0.1) is 0 Å². The van der Waals surface area contributed by atoms with Crippen LogP contribution in [0.25, 0.3) is 0 Å². The lowest BCUT2D eigenvalue weighted by Gasteiger charge is -2.24. The summed E-state index contributed by atoms with van der Waals surface area (Å²) in [5.41, 5.74) is 3.89. The third-order valence-corrected chi connectivity index (χ3v) is 4.54. The van der Waals surface area contributed by atoms with E-state index < -0.39 is 0 Å². The first-order valence-corrected chi connectivity index (χ1v) is 7.93. The van der Waals surface area contributed by atoms with E-state index in [1.807, 2.05) is 11.8 Å². The summed E-state index contributed by atoms with van der Waals surface area (Å²) in [4.78, 5) is 13.8. The molecule has 0 spiro atoms. The van der Waals surface area contributed by atoms with Gasteiger partial charge in [0.15, 0.2) is 0 Å². The van der Waals surface area contributed by atoms with E-state index in [0.29, 0.717) is 12.5 Å². The lowest BCUT2D eigenvalue weighted by molar-refractivity contribution is -0.118. The van der Waals surface area contributed by atoms with Crippen LogP contribution in [0.3, 0.4) is 0 Å². The van der Waals surface area contributed by atoms with Gasteiger partial charge in [0.25, 0.3) is 0 Å². The number of fused-ring (bicyclic) bond motifs is 1. The molecule has 1 aromatic rings. The molecule has 1 amide bonds. The van der Waals surface area contributed by atoms with Crippen LogP contribution in [-0.2, 0) is 17.6 Å². The first-order valence-electron chi connectivity index (χ1n) is 7.93. The van der Waals surface area contributed by atoms with Crippen molar-refractivity contribution in [3.8, 4) is 0 Å². The lowest BCUT2D eigenvalue weighted by atomic mass is 9.96. The van der Waals surface area contributed by atoms with Gasteiger partial charge in [0, 0.05) is 24.7 Å². The van der Waals surface area contributed by atoms with E-state index >= 15 is 0 Å². The molecule has 1 unspecified atom stereocenters. The molecule has 2 aliphatic heterocycles. The summed E-state index contributed by atoms with van der Waals surface area (Å²) in [5, 5.41) is 3.61. The Kier molecular flexibility index (Phi) is 4.06. The molecule has 108 valence electrons. The number of rotatable bonds is 3. The molecule has 0 aliphatic carbocycles. The van der Waals surface area contributed by atoms with Crippen LogP contribution in [0.15, 0.2) is 18.2 Å². The van der Waals surface area contributed by atoms with Gasteiger partial charge >= 0.3 is 0 Å². The third kappa shape index (κ3) is 2.73. The number of amides is 1. The first kappa shape index (κ1) is 13.6. The Morgan fingerprint density at radius 3 is 3.05 bits per heavy atom. The normalized spacial score (nSPS) is 21.9. The van der Waals surface area contributed by atoms with Crippen LogP contribution in [-0.4, -0.2) is 25.0 Å². The van der Waals surface area contributed by atoms with E-state index in [1.165, 1.54) is 30.4 Å². The Morgan fingerprint density at radius 2 is 2.30 bits per heavy atom. The average molecular weight is 272 g/mol. The number of nitrogens with one attached hydrogen (secondary N) is 1. The molecule has 2 aliphatic rings. The zero-order chi connectivity index (χ0) is 13.9. The summed E-state index contributed by atoms with van der Waals surface area (Å²) in [5.74, 6) is 0.241. The predicted molar refractivity (Wildman–Crippen MR) is 82.1 cm³/mol. The Morgan fingerprint density at radius 1 is 1.40 bits per heavy atom. The fraction of sp³-hybridized carbons (Fsp3) is 0.588. The molecule has 0 aromatic heterocycles. The third-order valence-electron chi connectivity index (χ3n) is 4.54. The molecule has 2 heterocycles. The maximum atomic E-state index is 11.9. The van der Waals surface area contributed by atoms with Gasteiger partial charge in [-0.1, -0.05) is 25.5 Å². The molecule has 1 fully saturated rings. The number of carbonyl (C=O) groups is 1. The van der Waals surface area contributed by atoms with Crippen molar-refractivity contribution < 1.29 is 4.79 Å². The van der Waals surface area contributed by atoms with Crippen molar-refractivity contribution in [2.45, 2.75) is 51.5 Å². The van der Waals surface area contributed by atoms with Crippen molar-refractivity contribution >= 4 is 11.6 Å². The van der Waals surface area contributed by atoms with Crippen LogP contribution in [0.2, 0.25) is 0 Å². The highest BCUT2D eigenvalue weighted by Gasteiger charge is 2.24. The van der Waals surface area contributed by atoms with Gasteiger partial charge in [0.2, 0.25) is 5.91 Å². The summed E-state index contributed by atoms with van der Waals surface area (Å²) in [6.45, 7) is 3.95. The smallest absolute Gasteiger partial charge is 0.226 e. The molecule has 1 atom stereocenters. The van der Waals surface area contributed by atoms with Crippen LogP contribution in [0.5, 0.6) is 0 Å². The van der Waals surface area contributed by atoms with Crippen molar-refractivity contribution in [3.05, 3.63) is 29.3 Å². The monoisotopic (exact) mass is 272 g/mol. The second-order valence-corrected chi connectivity index (χ2v) is 5.96. The molecule has 1 aromatic carbocycles. The van der Waals surface area contributed by atoms with Gasteiger partial charge in [-0.05, 0) is 49.4 Å². The number of carbonyl (C=O) groups excluding carboxylic acids is 1. The minimum absolute atomic E-state index is 0.241. The maximum Gasteiger partial charge on any atom is 0.226 e. The van der Waals surface area contributed by atoms with E-state index in [2.05, 4.69) is 23.5 Å². The minimum atomic E-state index is 0.241. The second-order valence-electron chi connectivity index (χ2n) is 5.96. The first-order chi connectivity index (χ1) is 9.78. The highest BCUT2D eigenvalue weighted by atomic mass is 16.2. The van der Waals surface area contributed by atoms with Crippen LogP contribution >= 0.6 is 0 Å². The largest absolute Gasteiger partial charge is 0.314 e. The minimum Gasteiger partial charge on any atom is -0.314 e. The summed E-state index contributed by atoms with van der Waals surface area (Å²) in [6.07, 6.45) is 6.67. The number of anilines is 1. The molecule has 20 heavy (non-hydrogen) atoms. The number of piperidine rings is 1. The molecule has 1 N–H and O–H groups in total. The maximum absolute atomic E-state index is 11.9. The molecule has 0 bridgehead atoms. The highest BCUT2D eigenvalue weighted by molar-refractivity contribution is 5.95. The van der Waals surface area contributed by atoms with Crippen LogP contribution in [0.1, 0.15) is 43.7 Å². The molecular formula is C17H24N2O. The lowest BCUT2D eigenvalue weighted by Crippen LogP contribution is -2.35. The van der Waals surface area contributed by atoms with Crippen molar-refractivity contribution in [1.82, 2.24) is 5.32 Å². The van der Waals surface area contributed by atoms with Gasteiger partial charge < -0.3 is 10.2 Å². The van der Waals surface area contributed by atoms with Crippen molar-refractivity contribution in [2.75, 3.05) is 18.0 Å². The van der Waals surface area contributed by atoms with Gasteiger partial charge in [-0.3, -0.25) is 4.79 Å². The standard InChI is InChI=1S/C17H24N2O/c1-2-17(20)19-10-8-14-11-13(6-7-16(14)19)12-15-5-3-4-9-18-15/h6-7,11,15,18H,2-5,8-10,12H2,1H3. The number of hydrogen-bond donors (Lipinski definition) is 1. The van der Waals surface area contributed by atoms with Crippen LogP contribution < -0.4 is 10.2 Å². The summed E-state index contributed by atoms with van der Waals surface area (Å²) in [7, 11) is 0. The topological polar surface area (TPSA) is 32.3 Å². The Labute approximate surface area is 121 Å². The molecule has 0 radical (unpaired) electrons. The molecule has 0 saturated carbocycles. The zero-order valence-electron chi connectivity index (χ0n) is 12.3. The van der Waals surface area contributed by atoms with E-state index in [9.17, 15) is 4.79 Å². The van der Waals surface area contributed by atoms with E-state index in [4.69, 9.17) is 0 Å². The number of nitrogens with zero attached hydrogens (tertiary/aromatic N) is 1. The van der Waals surface area contributed by atoms with Gasteiger partial charge in [-0.15, -0.1) is 0 Å². The molecular weight excluding hydrogens is 248 g/mol. The Hall–Kier alpha value is -1.35. The summed E-state index contributed by atoms with van der Waals surface area (Å²) >= 11 is 0. The van der Waals surface area contributed by atoms with Crippen molar-refractivity contribution in [1.29, 1.82) is 0 Å². The molecule has 1 saturated heterocycles. The molecule has 3 nitrogen and oxygen atoms in total. The average Bonchev–Trinajstić information content (AvgIpc) is 2.90. The fourth-order valence-corrected chi connectivity index (χ4v) is 3.41. The van der Waals surface area contributed by atoms with Crippen LogP contribution in [0.4, 0.5) is 5.69 Å². The second kappa shape index (κ2) is 5.96. The predicted octanol–water partition coefficient (Wildman–Crippen LogP) is 2.67. The molecule has 3 heteroatoms. The molecule has 3 rings (SSSR count). The fourth-order valence-electron chi connectivity index (χ4n) is 3.41. The van der Waals surface area contributed by atoms with E-state index in [-0.39, 0.29) is 5.91 Å². The SMILES string of the molecule is CCC(=O)N1CCc2cc(CC3CCCCN3)ccc21. The van der Waals surface area contributed by atoms with E-state index in [0.717, 1.165) is 31.6 Å². The number of hydrogen-bond acceptors (Lipinski definition) is 2. The van der Waals surface area contributed by atoms with Gasteiger partial charge in [0.05, 0.1) is 0 Å². The van der Waals surface area contributed by atoms with Crippen molar-refractivity contribution in [2.24, 2.45) is 0 Å². The number of benzene rings is 1. The summed E-state index contributed by atoms with van der Waals surface area (Å²) in [6, 6.07) is 7.30. The van der Waals surface area contributed by atoms with Gasteiger partial charge in [0.1, 0.15) is 0 Å². The van der Waals surface area contributed by atoms with Gasteiger partial charge in [-0.25, -0.2) is 0 Å². The van der Waals surface area contributed by atoms with Gasteiger partial charge in [-0.2, -0.15) is 0 Å². The Balaban J connectivity index is 1.72. The van der Waals surface area contributed by atoms with Crippen molar-refractivity contribution in [3.63, 3.8) is 0 Å². The highest BCUT2D eigenvalue weighted by Crippen LogP contribution is 2.30. The summed E-state index contributed by atoms with van der Waals surface area (Å²) < 4.78 is 0. The Bertz CT molecular complexity index is 492. The van der Waals surface area contributed by atoms with E-state index in [1.54, 1.807) is 0 Å². The zero-order valence-corrected chi connectivity index (χ0v) is 12.3.